The van der Waals surface area contributed by atoms with Crippen LogP contribution in [0, 0.1) is 6.92 Å². The smallest absolute Gasteiger partial charge is 0.243 e. The van der Waals surface area contributed by atoms with Crippen molar-refractivity contribution < 1.29 is 13.2 Å². The van der Waals surface area contributed by atoms with Crippen LogP contribution in [0.2, 0.25) is 0 Å². The number of aryl methyl sites for hydroxylation is 1. The molecule has 4 nitrogen and oxygen atoms in total. The van der Waals surface area contributed by atoms with Gasteiger partial charge in [-0.3, -0.25) is 0 Å². The van der Waals surface area contributed by atoms with Crippen molar-refractivity contribution in [3.63, 3.8) is 0 Å². The number of ether oxygens (including phenoxy) is 1. The molecule has 0 saturated heterocycles. The molecule has 0 radical (unpaired) electrons. The van der Waals surface area contributed by atoms with Crippen molar-refractivity contribution in [1.82, 2.24) is 4.31 Å². The van der Waals surface area contributed by atoms with Crippen molar-refractivity contribution in [2.75, 3.05) is 14.2 Å². The van der Waals surface area contributed by atoms with E-state index in [-0.39, 0.29) is 12.0 Å². The van der Waals surface area contributed by atoms with Crippen LogP contribution in [0.3, 0.4) is 0 Å². The first-order chi connectivity index (χ1) is 11.9. The maximum Gasteiger partial charge on any atom is 0.243 e. The zero-order chi connectivity index (χ0) is 18.0. The van der Waals surface area contributed by atoms with Crippen LogP contribution in [-0.2, 0) is 14.8 Å². The monoisotopic (exact) mass is 357 g/mol. The van der Waals surface area contributed by atoms with Gasteiger partial charge in [0.2, 0.25) is 10.0 Å². The van der Waals surface area contributed by atoms with Gasteiger partial charge in [0.05, 0.1) is 17.9 Å². The van der Waals surface area contributed by atoms with E-state index in [1.165, 1.54) is 4.31 Å². The van der Waals surface area contributed by atoms with Crippen LogP contribution in [0.25, 0.3) is 0 Å². The molecule has 0 fully saturated rings. The van der Waals surface area contributed by atoms with Crippen molar-refractivity contribution in [1.29, 1.82) is 0 Å². The third-order valence-electron chi connectivity index (χ3n) is 4.81. The molecule has 0 aliphatic heterocycles. The van der Waals surface area contributed by atoms with E-state index < -0.39 is 10.0 Å². The maximum atomic E-state index is 13.1. The molecule has 3 rings (SSSR count). The molecule has 2 aromatic carbocycles. The molecular formula is C20H23NO3S. The van der Waals surface area contributed by atoms with Gasteiger partial charge in [-0.1, -0.05) is 48.0 Å². The number of rotatable bonds is 5. The fraction of sp³-hybridized carbons (Fsp3) is 0.300. The molecule has 0 saturated carbocycles. The van der Waals surface area contributed by atoms with Crippen LogP contribution >= 0.6 is 0 Å². The second-order valence-electron chi connectivity index (χ2n) is 6.34. The number of benzene rings is 2. The quantitative estimate of drug-likeness (QED) is 0.820. The Morgan fingerprint density at radius 2 is 1.68 bits per heavy atom. The summed E-state index contributed by atoms with van der Waals surface area (Å²) in [7, 11) is -0.275. The van der Waals surface area contributed by atoms with Crippen LogP contribution in [0.4, 0.5) is 0 Å². The molecule has 2 atom stereocenters. The average molecular weight is 357 g/mol. The van der Waals surface area contributed by atoms with Crippen molar-refractivity contribution in [2.45, 2.75) is 30.2 Å². The molecule has 0 N–H and O–H groups in total. The Bertz CT molecular complexity index is 858. The molecule has 2 aromatic rings. The van der Waals surface area contributed by atoms with Gasteiger partial charge >= 0.3 is 0 Å². The van der Waals surface area contributed by atoms with Gasteiger partial charge < -0.3 is 4.74 Å². The van der Waals surface area contributed by atoms with Gasteiger partial charge in [0.15, 0.2) is 0 Å². The summed E-state index contributed by atoms with van der Waals surface area (Å²) in [6.07, 6.45) is 2.62. The van der Waals surface area contributed by atoms with E-state index in [0.29, 0.717) is 11.3 Å². The Morgan fingerprint density at radius 3 is 2.28 bits per heavy atom. The third kappa shape index (κ3) is 3.34. The van der Waals surface area contributed by atoms with E-state index in [1.807, 2.05) is 55.5 Å². The predicted octanol–water partition coefficient (Wildman–Crippen LogP) is 3.70. The lowest BCUT2D eigenvalue weighted by Crippen LogP contribution is -2.39. The molecule has 0 aromatic heterocycles. The van der Waals surface area contributed by atoms with Crippen LogP contribution in [0.5, 0.6) is 0 Å². The number of hydrogen-bond donors (Lipinski definition) is 0. The van der Waals surface area contributed by atoms with E-state index in [0.717, 1.165) is 16.9 Å². The minimum absolute atomic E-state index is 0.101. The van der Waals surface area contributed by atoms with E-state index in [9.17, 15) is 8.42 Å². The minimum atomic E-state index is -3.57. The molecule has 25 heavy (non-hydrogen) atoms. The van der Waals surface area contributed by atoms with Gasteiger partial charge in [-0.15, -0.1) is 0 Å². The zero-order valence-electron chi connectivity index (χ0n) is 14.7. The van der Waals surface area contributed by atoms with Crippen molar-refractivity contribution in [2.24, 2.45) is 0 Å². The number of hydrogen-bond acceptors (Lipinski definition) is 3. The topological polar surface area (TPSA) is 46.6 Å². The summed E-state index contributed by atoms with van der Waals surface area (Å²) in [5, 5.41) is 0. The molecular weight excluding hydrogens is 334 g/mol. The molecule has 5 heteroatoms. The first-order valence-electron chi connectivity index (χ1n) is 8.29. The lowest BCUT2D eigenvalue weighted by molar-refractivity contribution is 0.243. The summed E-state index contributed by atoms with van der Waals surface area (Å²) >= 11 is 0. The summed E-state index contributed by atoms with van der Waals surface area (Å²) in [6, 6.07) is 16.7. The largest absolute Gasteiger partial charge is 0.501 e. The highest BCUT2D eigenvalue weighted by Gasteiger charge is 2.39. The minimum Gasteiger partial charge on any atom is -0.501 e. The Morgan fingerprint density at radius 1 is 1.04 bits per heavy atom. The molecule has 0 unspecified atom stereocenters. The Labute approximate surface area is 149 Å². The van der Waals surface area contributed by atoms with E-state index in [2.05, 4.69) is 0 Å². The summed E-state index contributed by atoms with van der Waals surface area (Å²) in [5.41, 5.74) is 2.09. The highest BCUT2D eigenvalue weighted by Crippen LogP contribution is 2.39. The Kier molecular flexibility index (Phi) is 4.97. The maximum absolute atomic E-state index is 13.1. The fourth-order valence-corrected chi connectivity index (χ4v) is 4.74. The zero-order valence-corrected chi connectivity index (χ0v) is 15.5. The molecule has 0 spiro atoms. The van der Waals surface area contributed by atoms with Crippen LogP contribution in [0.15, 0.2) is 71.3 Å². The number of methoxy groups -OCH3 is 1. The molecule has 1 aliphatic carbocycles. The van der Waals surface area contributed by atoms with Crippen LogP contribution < -0.4 is 0 Å². The third-order valence-corrected chi connectivity index (χ3v) is 6.71. The van der Waals surface area contributed by atoms with E-state index in [1.54, 1.807) is 26.3 Å². The molecule has 0 amide bonds. The highest BCUT2D eigenvalue weighted by atomic mass is 32.2. The second kappa shape index (κ2) is 7.02. The summed E-state index contributed by atoms with van der Waals surface area (Å²) in [4.78, 5) is 0.318. The van der Waals surface area contributed by atoms with Crippen LogP contribution in [0.1, 0.15) is 23.5 Å². The van der Waals surface area contributed by atoms with Gasteiger partial charge in [0.1, 0.15) is 5.76 Å². The van der Waals surface area contributed by atoms with Gasteiger partial charge in [0, 0.05) is 13.1 Å². The van der Waals surface area contributed by atoms with E-state index in [4.69, 9.17) is 4.74 Å². The molecule has 1 aliphatic rings. The SMILES string of the molecule is COC1=CC[C@H](N(C)S(=O)(=O)c2ccc(C)cc2)[C@H]1c1ccccc1. The van der Waals surface area contributed by atoms with E-state index >= 15 is 0 Å². The summed E-state index contributed by atoms with van der Waals surface area (Å²) in [6.45, 7) is 1.94. The predicted molar refractivity (Wildman–Crippen MR) is 98.8 cm³/mol. The van der Waals surface area contributed by atoms with Crippen molar-refractivity contribution in [3.8, 4) is 0 Å². The Hall–Kier alpha value is -2.11. The van der Waals surface area contributed by atoms with Gasteiger partial charge in [-0.05, 0) is 37.1 Å². The Balaban J connectivity index is 1.95. The average Bonchev–Trinajstić information content (AvgIpc) is 3.06. The second-order valence-corrected chi connectivity index (χ2v) is 8.33. The van der Waals surface area contributed by atoms with Crippen molar-refractivity contribution >= 4 is 10.0 Å². The van der Waals surface area contributed by atoms with Gasteiger partial charge in [0.25, 0.3) is 0 Å². The molecule has 0 bridgehead atoms. The lowest BCUT2D eigenvalue weighted by Gasteiger charge is -2.30. The first kappa shape index (κ1) is 17.7. The first-order valence-corrected chi connectivity index (χ1v) is 9.73. The number of sulfonamides is 1. The molecule has 0 heterocycles. The number of nitrogens with zero attached hydrogens (tertiary/aromatic N) is 1. The standard InChI is InChI=1S/C20H23NO3S/c1-15-9-11-17(12-10-15)25(22,23)21(2)18-13-14-19(24-3)20(18)16-7-5-4-6-8-16/h4-12,14,18,20H,13H2,1-3H3/t18-,20+/m0/s1. The fourth-order valence-electron chi connectivity index (χ4n) is 3.36. The van der Waals surface area contributed by atoms with Gasteiger partial charge in [-0.25, -0.2) is 8.42 Å². The normalized spacial score (nSPS) is 20.6. The van der Waals surface area contributed by atoms with Crippen molar-refractivity contribution in [3.05, 3.63) is 77.6 Å². The highest BCUT2D eigenvalue weighted by molar-refractivity contribution is 7.89. The molecule has 132 valence electrons. The number of likely N-dealkylation sites (N-methyl/N-ethyl adjacent to an activating group) is 1. The summed E-state index contributed by atoms with van der Waals surface area (Å²) < 4.78 is 33.1. The van der Waals surface area contributed by atoms with Gasteiger partial charge in [-0.2, -0.15) is 4.31 Å². The van der Waals surface area contributed by atoms with Crippen LogP contribution in [-0.4, -0.2) is 32.9 Å². The lowest BCUT2D eigenvalue weighted by atomic mass is 9.93. The summed E-state index contributed by atoms with van der Waals surface area (Å²) in [5.74, 6) is 0.721.